The summed E-state index contributed by atoms with van der Waals surface area (Å²) in [7, 11) is -4.39. The lowest BCUT2D eigenvalue weighted by Gasteiger charge is -2.25. The maximum Gasteiger partial charge on any atom is 0.469 e. The highest BCUT2D eigenvalue weighted by Crippen LogP contribution is 2.35. The zero-order chi connectivity index (χ0) is 23.2. The molecule has 0 fully saturated rings. The summed E-state index contributed by atoms with van der Waals surface area (Å²) >= 11 is 0. The molecule has 0 radical (unpaired) electrons. The molecule has 31 heavy (non-hydrogen) atoms. The van der Waals surface area contributed by atoms with Gasteiger partial charge in [-0.3, -0.25) is 4.52 Å². The Morgan fingerprint density at radius 2 is 1.13 bits per heavy atom. The van der Waals surface area contributed by atoms with Gasteiger partial charge < -0.3 is 19.3 Å². The highest BCUT2D eigenvalue weighted by atomic mass is 31.2. The van der Waals surface area contributed by atoms with Crippen LogP contribution in [0.25, 0.3) is 0 Å². The number of hydrogen-bond donors (Lipinski definition) is 2. The monoisotopic (exact) mass is 466 g/mol. The Kier molecular flexibility index (Phi) is 21.9. The smallest absolute Gasteiger partial charge is 0.376 e. The summed E-state index contributed by atoms with van der Waals surface area (Å²) in [6, 6.07) is 0. The van der Waals surface area contributed by atoms with Gasteiger partial charge in [-0.25, -0.2) is 4.57 Å². The molecule has 0 aliphatic heterocycles. The van der Waals surface area contributed by atoms with Crippen LogP contribution in [-0.2, 0) is 18.6 Å². The Hall–Kier alpha value is 0.0300. The van der Waals surface area contributed by atoms with E-state index in [4.69, 9.17) is 19.3 Å². The van der Waals surface area contributed by atoms with Crippen LogP contribution >= 0.6 is 7.82 Å². The fraction of sp³-hybridized carbons (Fsp3) is 1.00. The molecule has 2 unspecified atom stereocenters. The lowest BCUT2D eigenvalue weighted by atomic mass is 10.0. The maximum atomic E-state index is 10.8. The standard InChI is InChI=1S/C24H51O6P/c1-4-6-8-10-12-13-15-17-20-28-23(3)24(19-16-14-11-9-7-5-2)29-21-18-22-30-31(25,26)27/h23-24H,4-22H2,1-3H3,(H2,25,26,27). The van der Waals surface area contributed by atoms with Crippen molar-refractivity contribution in [3.63, 3.8) is 0 Å². The summed E-state index contributed by atoms with van der Waals surface area (Å²) in [5, 5.41) is 0. The number of rotatable bonds is 24. The largest absolute Gasteiger partial charge is 0.469 e. The first kappa shape index (κ1) is 31.0. The van der Waals surface area contributed by atoms with E-state index in [1.807, 2.05) is 0 Å². The molecule has 0 saturated heterocycles. The van der Waals surface area contributed by atoms with Crippen LogP contribution < -0.4 is 0 Å². The van der Waals surface area contributed by atoms with E-state index in [0.29, 0.717) is 13.0 Å². The molecular formula is C24H51O6P. The van der Waals surface area contributed by atoms with Crippen molar-refractivity contribution < 1.29 is 28.3 Å². The van der Waals surface area contributed by atoms with E-state index in [9.17, 15) is 4.57 Å². The predicted octanol–water partition coefficient (Wildman–Crippen LogP) is 7.17. The average Bonchev–Trinajstić information content (AvgIpc) is 2.72. The third kappa shape index (κ3) is 23.0. The molecule has 0 aromatic carbocycles. The SMILES string of the molecule is CCCCCCCCCCOC(C)C(CCCCCCCC)OCCCOP(=O)(O)O. The maximum absolute atomic E-state index is 10.8. The molecular weight excluding hydrogens is 415 g/mol. The van der Waals surface area contributed by atoms with Crippen LogP contribution in [0.5, 0.6) is 0 Å². The molecule has 2 N–H and O–H groups in total. The molecule has 0 aromatic rings. The van der Waals surface area contributed by atoms with Crippen molar-refractivity contribution in [2.24, 2.45) is 0 Å². The van der Waals surface area contributed by atoms with Gasteiger partial charge in [0.2, 0.25) is 0 Å². The van der Waals surface area contributed by atoms with Gasteiger partial charge in [-0.2, -0.15) is 0 Å². The molecule has 0 heterocycles. The summed E-state index contributed by atoms with van der Waals surface area (Å²) < 4.78 is 27.3. The lowest BCUT2D eigenvalue weighted by molar-refractivity contribution is -0.0718. The molecule has 0 saturated carbocycles. The molecule has 0 rings (SSSR count). The van der Waals surface area contributed by atoms with Crippen LogP contribution in [0, 0.1) is 0 Å². The van der Waals surface area contributed by atoms with Gasteiger partial charge in [-0.05, 0) is 26.2 Å². The molecule has 0 spiro atoms. The normalized spacial score (nSPS) is 14.1. The van der Waals surface area contributed by atoms with Gasteiger partial charge in [-0.1, -0.05) is 97.3 Å². The van der Waals surface area contributed by atoms with E-state index in [2.05, 4.69) is 25.3 Å². The third-order valence-corrected chi connectivity index (χ3v) is 6.14. The number of phosphoric acid groups is 1. The van der Waals surface area contributed by atoms with E-state index in [-0.39, 0.29) is 18.8 Å². The van der Waals surface area contributed by atoms with Gasteiger partial charge in [0.15, 0.2) is 0 Å². The minimum absolute atomic E-state index is 0.00150. The second kappa shape index (κ2) is 21.9. The van der Waals surface area contributed by atoms with Crippen LogP contribution in [0.15, 0.2) is 0 Å². The number of unbranched alkanes of at least 4 members (excludes halogenated alkanes) is 12. The van der Waals surface area contributed by atoms with Crippen molar-refractivity contribution in [1.82, 2.24) is 0 Å². The fourth-order valence-corrected chi connectivity index (χ4v) is 4.04. The first-order valence-electron chi connectivity index (χ1n) is 12.8. The van der Waals surface area contributed by atoms with Crippen molar-refractivity contribution in [3.8, 4) is 0 Å². The Balaban J connectivity index is 4.07. The number of phosphoric ester groups is 1. The molecule has 0 aromatic heterocycles. The van der Waals surface area contributed by atoms with Crippen LogP contribution in [-0.4, -0.2) is 41.8 Å². The second-order valence-electron chi connectivity index (χ2n) is 8.69. The van der Waals surface area contributed by atoms with Gasteiger partial charge in [0, 0.05) is 13.2 Å². The van der Waals surface area contributed by atoms with Crippen molar-refractivity contribution >= 4 is 7.82 Å². The number of hydrogen-bond acceptors (Lipinski definition) is 4. The summed E-state index contributed by atoms with van der Waals surface area (Å²) in [5.74, 6) is 0. The Labute approximate surface area is 192 Å². The van der Waals surface area contributed by atoms with Gasteiger partial charge in [0.1, 0.15) is 0 Å². The molecule has 0 bridgehead atoms. The molecule has 0 amide bonds. The minimum atomic E-state index is -4.39. The van der Waals surface area contributed by atoms with Crippen molar-refractivity contribution in [1.29, 1.82) is 0 Å². The van der Waals surface area contributed by atoms with E-state index in [1.165, 1.54) is 77.0 Å². The molecule has 0 aliphatic rings. The average molecular weight is 467 g/mol. The van der Waals surface area contributed by atoms with Crippen molar-refractivity contribution in [3.05, 3.63) is 0 Å². The summed E-state index contributed by atoms with van der Waals surface area (Å²) in [6.45, 7) is 7.75. The fourth-order valence-electron chi connectivity index (χ4n) is 3.67. The van der Waals surface area contributed by atoms with Gasteiger partial charge in [-0.15, -0.1) is 0 Å². The van der Waals surface area contributed by atoms with Crippen molar-refractivity contribution in [2.45, 2.75) is 136 Å². The van der Waals surface area contributed by atoms with Crippen LogP contribution in [0.4, 0.5) is 0 Å². The van der Waals surface area contributed by atoms with Crippen LogP contribution in [0.3, 0.4) is 0 Å². The Morgan fingerprint density at radius 1 is 0.645 bits per heavy atom. The molecule has 0 aliphatic carbocycles. The summed E-state index contributed by atoms with van der Waals surface area (Å²) in [4.78, 5) is 17.5. The van der Waals surface area contributed by atoms with E-state index >= 15 is 0 Å². The zero-order valence-electron chi connectivity index (χ0n) is 20.6. The second-order valence-corrected chi connectivity index (χ2v) is 9.93. The first-order chi connectivity index (χ1) is 14.9. The van der Waals surface area contributed by atoms with Gasteiger partial charge >= 0.3 is 7.82 Å². The van der Waals surface area contributed by atoms with E-state index in [1.54, 1.807) is 0 Å². The topological polar surface area (TPSA) is 85.2 Å². The lowest BCUT2D eigenvalue weighted by Crippen LogP contribution is -2.30. The van der Waals surface area contributed by atoms with Crippen LogP contribution in [0.1, 0.15) is 124 Å². The zero-order valence-corrected chi connectivity index (χ0v) is 21.5. The first-order valence-corrected chi connectivity index (χ1v) is 14.4. The highest BCUT2D eigenvalue weighted by Gasteiger charge is 2.19. The predicted molar refractivity (Wildman–Crippen MR) is 128 cm³/mol. The Bertz CT molecular complexity index is 415. The van der Waals surface area contributed by atoms with Crippen LogP contribution in [0.2, 0.25) is 0 Å². The minimum Gasteiger partial charge on any atom is -0.376 e. The van der Waals surface area contributed by atoms with E-state index < -0.39 is 7.82 Å². The van der Waals surface area contributed by atoms with Gasteiger partial charge in [0.25, 0.3) is 0 Å². The quantitative estimate of drug-likeness (QED) is 0.116. The third-order valence-electron chi connectivity index (χ3n) is 5.62. The summed E-state index contributed by atoms with van der Waals surface area (Å²) in [5.41, 5.74) is 0. The molecule has 188 valence electrons. The molecule has 7 heteroatoms. The molecule has 6 nitrogen and oxygen atoms in total. The van der Waals surface area contributed by atoms with Crippen molar-refractivity contribution in [2.75, 3.05) is 19.8 Å². The van der Waals surface area contributed by atoms with Gasteiger partial charge in [0.05, 0.1) is 18.8 Å². The summed E-state index contributed by atoms with van der Waals surface area (Å²) in [6.07, 6.45) is 19.2. The highest BCUT2D eigenvalue weighted by molar-refractivity contribution is 7.46. The number of ether oxygens (including phenoxy) is 2. The Morgan fingerprint density at radius 3 is 1.68 bits per heavy atom. The van der Waals surface area contributed by atoms with E-state index in [0.717, 1.165) is 25.9 Å². The molecule has 2 atom stereocenters.